The second kappa shape index (κ2) is 13.6. The monoisotopic (exact) mass is 498 g/mol. The topological polar surface area (TPSA) is 83.0 Å². The van der Waals surface area contributed by atoms with Gasteiger partial charge in [0.05, 0.1) is 13.0 Å². The van der Waals surface area contributed by atoms with Gasteiger partial charge >= 0.3 is 0 Å². The third-order valence-corrected chi connectivity index (χ3v) is 5.88. The van der Waals surface area contributed by atoms with Gasteiger partial charge in [0.2, 0.25) is 17.7 Å². The number of carbonyl (C=O) groups excluding carboxylic acids is 1. The van der Waals surface area contributed by atoms with Gasteiger partial charge in [-0.25, -0.2) is 19.4 Å². The molecule has 0 aliphatic carbocycles. The van der Waals surface area contributed by atoms with Gasteiger partial charge in [0.25, 0.3) is 0 Å². The van der Waals surface area contributed by atoms with E-state index < -0.39 is 11.8 Å². The fraction of sp³-hybridized carbons (Fsp3) is 0.385. The van der Waals surface area contributed by atoms with Crippen LogP contribution < -0.4 is 5.32 Å². The highest BCUT2D eigenvalue weighted by Gasteiger charge is 2.14. The number of rotatable bonds is 11. The van der Waals surface area contributed by atoms with Crippen LogP contribution in [0.5, 0.6) is 0 Å². The van der Waals surface area contributed by atoms with Gasteiger partial charge in [-0.05, 0) is 37.4 Å². The number of aliphatic imine (C=N–C) groups is 1. The number of aromatic nitrogens is 2. The molecule has 1 aliphatic rings. The highest BCUT2D eigenvalue weighted by molar-refractivity contribution is 5.78. The molecule has 0 atom stereocenters. The zero-order valence-corrected chi connectivity index (χ0v) is 20.7. The molecule has 2 heterocycles. The van der Waals surface area contributed by atoms with E-state index in [2.05, 4.69) is 43.8 Å². The molecule has 1 amide bonds. The van der Waals surface area contributed by atoms with Crippen molar-refractivity contribution in [1.82, 2.24) is 25.1 Å². The lowest BCUT2D eigenvalue weighted by molar-refractivity contribution is -0.120. The van der Waals surface area contributed by atoms with E-state index in [4.69, 9.17) is 4.74 Å². The van der Waals surface area contributed by atoms with Crippen LogP contribution >= 0.6 is 0 Å². The van der Waals surface area contributed by atoms with Crippen molar-refractivity contribution < 1.29 is 18.3 Å². The van der Waals surface area contributed by atoms with E-state index in [1.165, 1.54) is 12.3 Å². The van der Waals surface area contributed by atoms with Crippen molar-refractivity contribution in [1.29, 1.82) is 0 Å². The molecule has 1 fully saturated rings. The van der Waals surface area contributed by atoms with E-state index in [1.54, 1.807) is 31.2 Å². The summed E-state index contributed by atoms with van der Waals surface area (Å²) in [6.45, 7) is 10.3. The quantitative estimate of drug-likeness (QED) is 0.222. The molecule has 0 unspecified atom stereocenters. The molecule has 1 aliphatic heterocycles. The van der Waals surface area contributed by atoms with Crippen molar-refractivity contribution in [2.45, 2.75) is 19.9 Å². The van der Waals surface area contributed by atoms with E-state index in [0.717, 1.165) is 44.4 Å². The number of likely N-dealkylation sites (N-methyl/N-ethyl adjacent to an activating group) is 1. The summed E-state index contributed by atoms with van der Waals surface area (Å²) in [7, 11) is 2.10. The minimum atomic E-state index is -0.649. The number of benzene rings is 1. The zero-order chi connectivity index (χ0) is 25.9. The van der Waals surface area contributed by atoms with E-state index >= 15 is 0 Å². The van der Waals surface area contributed by atoms with Crippen molar-refractivity contribution in [2.24, 2.45) is 4.99 Å². The Morgan fingerprint density at radius 2 is 1.94 bits per heavy atom. The van der Waals surface area contributed by atoms with E-state index in [0.29, 0.717) is 17.7 Å². The SMILES string of the molecule is C=N/C(=C\C(F)=C(/C)c1ccc(CC(=O)NCc2nccc(F)n2)cc1)OCCN1CCN(C)CC1. The Kier molecular flexibility index (Phi) is 10.2. The van der Waals surface area contributed by atoms with Crippen molar-refractivity contribution >= 4 is 18.2 Å². The number of nitrogens with zero attached hydrogens (tertiary/aromatic N) is 5. The van der Waals surface area contributed by atoms with Crippen molar-refractivity contribution in [3.8, 4) is 0 Å². The predicted molar refractivity (Wildman–Crippen MR) is 135 cm³/mol. The Bertz CT molecular complexity index is 1100. The van der Waals surface area contributed by atoms with Crippen LogP contribution in [0.4, 0.5) is 8.78 Å². The molecule has 0 saturated carbocycles. The number of hydrogen-bond donors (Lipinski definition) is 1. The number of carbonyl (C=O) groups is 1. The number of hydrogen-bond acceptors (Lipinski definition) is 7. The second-order valence-electron chi connectivity index (χ2n) is 8.55. The van der Waals surface area contributed by atoms with E-state index in [-0.39, 0.29) is 30.6 Å². The first kappa shape index (κ1) is 27.1. The summed E-state index contributed by atoms with van der Waals surface area (Å²) in [6.07, 6.45) is 2.65. The molecular weight excluding hydrogens is 466 g/mol. The third-order valence-electron chi connectivity index (χ3n) is 5.88. The smallest absolute Gasteiger partial charge is 0.224 e. The lowest BCUT2D eigenvalue weighted by atomic mass is 10.0. The average Bonchev–Trinajstić information content (AvgIpc) is 2.88. The summed E-state index contributed by atoms with van der Waals surface area (Å²) >= 11 is 0. The number of piperazine rings is 1. The summed E-state index contributed by atoms with van der Waals surface area (Å²) < 4.78 is 33.6. The zero-order valence-electron chi connectivity index (χ0n) is 20.7. The fourth-order valence-electron chi connectivity index (χ4n) is 3.60. The Morgan fingerprint density at radius 3 is 2.61 bits per heavy atom. The van der Waals surface area contributed by atoms with Crippen LogP contribution in [0, 0.1) is 5.95 Å². The van der Waals surface area contributed by atoms with Crippen LogP contribution in [-0.4, -0.2) is 78.8 Å². The van der Waals surface area contributed by atoms with Crippen LogP contribution in [0.1, 0.15) is 23.9 Å². The van der Waals surface area contributed by atoms with Crippen LogP contribution in [0.3, 0.4) is 0 Å². The Hall–Kier alpha value is -3.50. The Morgan fingerprint density at radius 1 is 1.22 bits per heavy atom. The molecule has 10 heteroatoms. The molecule has 3 rings (SSSR count). The molecule has 0 bridgehead atoms. The number of nitrogens with one attached hydrogen (secondary N) is 1. The fourth-order valence-corrected chi connectivity index (χ4v) is 3.60. The van der Waals surface area contributed by atoms with Crippen LogP contribution in [-0.2, 0) is 22.5 Å². The minimum Gasteiger partial charge on any atom is -0.476 e. The number of ether oxygens (including phenoxy) is 1. The van der Waals surface area contributed by atoms with Crippen LogP contribution in [0.2, 0.25) is 0 Å². The maximum Gasteiger partial charge on any atom is 0.224 e. The third kappa shape index (κ3) is 8.62. The molecular formula is C26H32F2N6O2. The van der Waals surface area contributed by atoms with Gasteiger partial charge in [-0.15, -0.1) is 0 Å². The first-order valence-corrected chi connectivity index (χ1v) is 11.8. The first-order chi connectivity index (χ1) is 17.3. The molecule has 2 aromatic rings. The normalized spacial score (nSPS) is 15.8. The Balaban J connectivity index is 1.51. The van der Waals surface area contributed by atoms with Gasteiger partial charge in [-0.2, -0.15) is 4.39 Å². The van der Waals surface area contributed by atoms with Gasteiger partial charge in [-0.3, -0.25) is 9.69 Å². The van der Waals surface area contributed by atoms with Crippen molar-refractivity contribution in [2.75, 3.05) is 46.4 Å². The van der Waals surface area contributed by atoms with Crippen molar-refractivity contribution in [3.05, 3.63) is 77.2 Å². The van der Waals surface area contributed by atoms with E-state index in [1.807, 2.05) is 0 Å². The highest BCUT2D eigenvalue weighted by atomic mass is 19.1. The molecule has 1 N–H and O–H groups in total. The van der Waals surface area contributed by atoms with Crippen molar-refractivity contribution in [3.63, 3.8) is 0 Å². The maximum atomic E-state index is 14.9. The van der Waals surface area contributed by atoms with Gasteiger partial charge < -0.3 is 15.0 Å². The Labute approximate surface area is 210 Å². The second-order valence-corrected chi connectivity index (χ2v) is 8.55. The van der Waals surface area contributed by atoms with Gasteiger partial charge in [0.1, 0.15) is 12.4 Å². The van der Waals surface area contributed by atoms with E-state index in [9.17, 15) is 13.6 Å². The summed E-state index contributed by atoms with van der Waals surface area (Å²) in [6, 6.07) is 8.15. The summed E-state index contributed by atoms with van der Waals surface area (Å²) in [5, 5.41) is 2.65. The summed E-state index contributed by atoms with van der Waals surface area (Å²) in [5.74, 6) is -1.05. The molecule has 1 saturated heterocycles. The predicted octanol–water partition coefficient (Wildman–Crippen LogP) is 2.98. The lowest BCUT2D eigenvalue weighted by Crippen LogP contribution is -2.45. The molecule has 0 spiro atoms. The van der Waals surface area contributed by atoms with Gasteiger partial charge in [0, 0.05) is 51.1 Å². The summed E-state index contributed by atoms with van der Waals surface area (Å²) in [4.78, 5) is 28.1. The van der Waals surface area contributed by atoms with Gasteiger partial charge in [0.15, 0.2) is 5.82 Å². The van der Waals surface area contributed by atoms with Crippen LogP contribution in [0.25, 0.3) is 5.57 Å². The van der Waals surface area contributed by atoms with Gasteiger partial charge in [-0.1, -0.05) is 24.3 Å². The summed E-state index contributed by atoms with van der Waals surface area (Å²) in [5.41, 5.74) is 1.83. The number of allylic oxidation sites excluding steroid dienone is 3. The number of amides is 1. The standard InChI is InChI=1S/C26H32F2N6O2/c1-19(22(27)17-26(29-2)36-15-14-34-12-10-33(3)11-13-34)21-6-4-20(5-7-21)16-25(35)31-18-24-30-9-8-23(28)32-24/h4-9,17H,2,10-16,18H2,1,3H3,(H,31,35)/b22-19-,26-17+. The molecule has 1 aromatic carbocycles. The largest absolute Gasteiger partial charge is 0.476 e. The van der Waals surface area contributed by atoms with Crippen LogP contribution in [0.15, 0.2) is 59.3 Å². The molecule has 192 valence electrons. The molecule has 0 radical (unpaired) electrons. The molecule has 36 heavy (non-hydrogen) atoms. The maximum absolute atomic E-state index is 14.9. The molecule has 8 nitrogen and oxygen atoms in total. The minimum absolute atomic E-state index is 0.0329. The molecule has 1 aromatic heterocycles. The number of halogens is 2. The first-order valence-electron chi connectivity index (χ1n) is 11.8. The average molecular weight is 499 g/mol. The lowest BCUT2D eigenvalue weighted by Gasteiger charge is -2.32. The highest BCUT2D eigenvalue weighted by Crippen LogP contribution is 2.22.